The van der Waals surface area contributed by atoms with Crippen molar-refractivity contribution in [1.29, 1.82) is 0 Å². The van der Waals surface area contributed by atoms with Crippen molar-refractivity contribution in [3.05, 3.63) is 101 Å². The highest BCUT2D eigenvalue weighted by Crippen LogP contribution is 2.17. The van der Waals surface area contributed by atoms with Crippen LogP contribution in [0, 0.1) is 6.92 Å². The van der Waals surface area contributed by atoms with E-state index in [4.69, 9.17) is 24.2 Å². The van der Waals surface area contributed by atoms with E-state index < -0.39 is 6.04 Å². The molecule has 0 bridgehead atoms. The summed E-state index contributed by atoms with van der Waals surface area (Å²) in [5, 5.41) is 0.861. The van der Waals surface area contributed by atoms with E-state index in [0.29, 0.717) is 22.2 Å². The molecular formula is C22H19ClN2OS. The van der Waals surface area contributed by atoms with Crippen molar-refractivity contribution in [3.8, 4) is 0 Å². The summed E-state index contributed by atoms with van der Waals surface area (Å²) in [4.78, 5) is 17.8. The number of nitrogens with zero attached hydrogens (tertiary/aromatic N) is 2. The molecule has 0 amide bonds. The number of aryl methyl sites for hydroxylation is 1. The predicted molar refractivity (Wildman–Crippen MR) is 111 cm³/mol. The van der Waals surface area contributed by atoms with Gasteiger partial charge in [-0.15, -0.1) is 0 Å². The molecule has 0 fully saturated rings. The lowest BCUT2D eigenvalue weighted by atomic mass is 10.0. The molecule has 0 N–H and O–H groups in total. The molecule has 1 aromatic heterocycles. The number of aliphatic imine (C=N–C) groups is 1. The molecule has 3 nitrogen and oxygen atoms in total. The van der Waals surface area contributed by atoms with E-state index >= 15 is 0 Å². The van der Waals surface area contributed by atoms with Crippen LogP contribution in [0.5, 0.6) is 0 Å². The van der Waals surface area contributed by atoms with Crippen molar-refractivity contribution in [3.63, 3.8) is 0 Å². The highest BCUT2D eigenvalue weighted by Gasteiger charge is 2.28. The highest BCUT2D eigenvalue weighted by molar-refractivity contribution is 7.77. The van der Waals surface area contributed by atoms with Crippen molar-refractivity contribution >= 4 is 35.1 Å². The Morgan fingerprint density at radius 1 is 1.11 bits per heavy atom. The molecule has 0 aliphatic heterocycles. The number of halogens is 1. The van der Waals surface area contributed by atoms with E-state index in [9.17, 15) is 4.79 Å². The Hall–Kier alpha value is -2.56. The van der Waals surface area contributed by atoms with Gasteiger partial charge in [0.25, 0.3) is 0 Å². The van der Waals surface area contributed by atoms with Crippen LogP contribution in [0.25, 0.3) is 0 Å². The fraction of sp³-hybridized carbons (Fsp3) is 0.136. The van der Waals surface area contributed by atoms with Gasteiger partial charge in [0.05, 0.1) is 6.54 Å². The molecule has 0 aliphatic rings. The van der Waals surface area contributed by atoms with Crippen LogP contribution in [0.4, 0.5) is 0 Å². The number of pyridine rings is 1. The largest absolute Gasteiger partial charge is 0.758 e. The maximum Gasteiger partial charge on any atom is 0.237 e. The number of carbonyl (C=O) groups is 1. The smallest absolute Gasteiger partial charge is 0.237 e. The van der Waals surface area contributed by atoms with Crippen LogP contribution in [0.2, 0.25) is 5.02 Å². The number of carbonyl (C=O) groups excluding carboxylic acids is 1. The van der Waals surface area contributed by atoms with Crippen molar-refractivity contribution in [2.75, 3.05) is 0 Å². The molecule has 2 aromatic carbocycles. The summed E-state index contributed by atoms with van der Waals surface area (Å²) >= 11 is 11.6. The number of hydrogen-bond acceptors (Lipinski definition) is 3. The maximum absolute atomic E-state index is 13.2. The lowest BCUT2D eigenvalue weighted by Gasteiger charge is -2.19. The molecule has 0 aliphatic carbocycles. The van der Waals surface area contributed by atoms with Gasteiger partial charge in [-0.05, 0) is 35.7 Å². The van der Waals surface area contributed by atoms with Gasteiger partial charge in [-0.1, -0.05) is 54.1 Å². The van der Waals surface area contributed by atoms with Gasteiger partial charge >= 0.3 is 0 Å². The molecule has 136 valence electrons. The van der Waals surface area contributed by atoms with Crippen LogP contribution in [0.15, 0.2) is 84.1 Å². The zero-order valence-corrected chi connectivity index (χ0v) is 16.5. The van der Waals surface area contributed by atoms with Crippen molar-refractivity contribution < 1.29 is 9.36 Å². The van der Waals surface area contributed by atoms with E-state index in [2.05, 4.69) is 4.99 Å². The predicted octanol–water partition coefficient (Wildman–Crippen LogP) is 4.51. The maximum atomic E-state index is 13.2. The second-order valence-corrected chi connectivity index (χ2v) is 7.10. The van der Waals surface area contributed by atoms with Gasteiger partial charge in [0.1, 0.15) is 0 Å². The van der Waals surface area contributed by atoms with E-state index in [-0.39, 0.29) is 5.78 Å². The van der Waals surface area contributed by atoms with Crippen LogP contribution in [-0.2, 0) is 19.2 Å². The molecule has 0 saturated carbocycles. The molecule has 3 rings (SSSR count). The van der Waals surface area contributed by atoms with E-state index in [1.807, 2.05) is 66.3 Å². The van der Waals surface area contributed by atoms with E-state index in [0.717, 1.165) is 11.1 Å². The zero-order chi connectivity index (χ0) is 19.2. The number of Topliss-reactive ketones (excluding diaryl/α,β-unsaturated/α-hetero) is 1. The van der Waals surface area contributed by atoms with Gasteiger partial charge in [0, 0.05) is 22.2 Å². The molecule has 0 radical (unpaired) electrons. The summed E-state index contributed by atoms with van der Waals surface area (Å²) in [6.45, 7) is 2.41. The molecule has 5 heteroatoms. The Balaban J connectivity index is 1.98. The first kappa shape index (κ1) is 19.2. The van der Waals surface area contributed by atoms with Gasteiger partial charge in [0.2, 0.25) is 11.8 Å². The first-order chi connectivity index (χ1) is 13.0. The Morgan fingerprint density at radius 2 is 1.89 bits per heavy atom. The molecule has 0 spiro atoms. The first-order valence-electron chi connectivity index (χ1n) is 8.57. The van der Waals surface area contributed by atoms with Crippen LogP contribution in [0.3, 0.4) is 0 Å². The lowest BCUT2D eigenvalue weighted by Crippen LogP contribution is -2.47. The van der Waals surface area contributed by atoms with Crippen LogP contribution >= 0.6 is 11.6 Å². The topological polar surface area (TPSA) is 33.3 Å². The number of rotatable bonds is 6. The Bertz CT molecular complexity index is 973. The average Bonchev–Trinajstić information content (AvgIpc) is 2.67. The second-order valence-electron chi connectivity index (χ2n) is 6.25. The average molecular weight is 395 g/mol. The molecular weight excluding hydrogens is 376 g/mol. The fourth-order valence-corrected chi connectivity index (χ4v) is 3.27. The van der Waals surface area contributed by atoms with Crippen LogP contribution in [-0.4, -0.2) is 10.8 Å². The third-order valence-electron chi connectivity index (χ3n) is 4.12. The SMILES string of the molecule is Cc1ccc[n+]([C@@H](C(=O)c2cccc(Cl)c2)C([S-])=NCc2ccccc2)c1. The standard InChI is InChI=1S/C22H19ClN2OS/c1-16-7-6-12-25(15-16)20(21(26)18-10-5-11-19(23)13-18)22(27)24-14-17-8-3-2-4-9-17/h2-13,15,20H,14H2,1H3/t20-/m0/s1. The third kappa shape index (κ3) is 5.00. The van der Waals surface area contributed by atoms with Gasteiger partial charge in [-0.3, -0.25) is 4.79 Å². The molecule has 3 aromatic rings. The molecule has 1 heterocycles. The number of aromatic nitrogens is 1. The van der Waals surface area contributed by atoms with Gasteiger partial charge in [-0.2, -0.15) is 4.57 Å². The Kier molecular flexibility index (Phi) is 6.32. The van der Waals surface area contributed by atoms with Crippen molar-refractivity contribution in [2.45, 2.75) is 19.5 Å². The quantitative estimate of drug-likeness (QED) is 0.203. The number of ketones is 1. The lowest BCUT2D eigenvalue weighted by molar-refractivity contribution is -0.692. The Morgan fingerprint density at radius 3 is 2.59 bits per heavy atom. The first-order valence-corrected chi connectivity index (χ1v) is 9.35. The summed E-state index contributed by atoms with van der Waals surface area (Å²) in [5.41, 5.74) is 2.59. The molecule has 27 heavy (non-hydrogen) atoms. The molecule has 0 saturated heterocycles. The summed E-state index contributed by atoms with van der Waals surface area (Å²) in [5.74, 6) is -0.130. The van der Waals surface area contributed by atoms with Crippen molar-refractivity contribution in [2.24, 2.45) is 4.99 Å². The van der Waals surface area contributed by atoms with Crippen LogP contribution in [0.1, 0.15) is 27.5 Å². The molecule has 0 unspecified atom stereocenters. The minimum absolute atomic E-state index is 0.130. The van der Waals surface area contributed by atoms with Crippen LogP contribution < -0.4 is 4.57 Å². The summed E-state index contributed by atoms with van der Waals surface area (Å²) in [7, 11) is 0. The third-order valence-corrected chi connectivity index (χ3v) is 4.71. The monoisotopic (exact) mass is 394 g/mol. The Labute approximate surface area is 169 Å². The number of benzene rings is 2. The van der Waals surface area contributed by atoms with Gasteiger partial charge in [0.15, 0.2) is 12.4 Å². The van der Waals surface area contributed by atoms with Crippen molar-refractivity contribution in [1.82, 2.24) is 0 Å². The van der Waals surface area contributed by atoms with E-state index in [1.54, 1.807) is 24.3 Å². The summed E-state index contributed by atoms with van der Waals surface area (Å²) < 4.78 is 1.81. The molecule has 1 atom stereocenters. The number of hydrogen-bond donors (Lipinski definition) is 0. The normalized spacial score (nSPS) is 12.6. The van der Waals surface area contributed by atoms with Gasteiger partial charge < -0.3 is 17.6 Å². The van der Waals surface area contributed by atoms with Gasteiger partial charge in [-0.25, -0.2) is 0 Å². The fourth-order valence-electron chi connectivity index (χ4n) is 2.79. The minimum Gasteiger partial charge on any atom is -0.758 e. The van der Waals surface area contributed by atoms with E-state index in [1.165, 1.54) is 0 Å². The summed E-state index contributed by atoms with van der Waals surface area (Å²) in [6, 6.07) is 19.9. The minimum atomic E-state index is -0.693. The summed E-state index contributed by atoms with van der Waals surface area (Å²) in [6.07, 6.45) is 3.74. The second kappa shape index (κ2) is 8.89. The zero-order valence-electron chi connectivity index (χ0n) is 14.9. The highest BCUT2D eigenvalue weighted by atomic mass is 35.5.